The van der Waals surface area contributed by atoms with Gasteiger partial charge in [0.15, 0.2) is 0 Å². The van der Waals surface area contributed by atoms with Crippen molar-refractivity contribution in [1.29, 1.82) is 0 Å². The monoisotopic (exact) mass is 242 g/mol. The summed E-state index contributed by atoms with van der Waals surface area (Å²) in [6, 6.07) is 13.0. The van der Waals surface area contributed by atoms with Gasteiger partial charge in [0.1, 0.15) is 11.9 Å². The van der Waals surface area contributed by atoms with Gasteiger partial charge in [0.25, 0.3) is 0 Å². The Balaban J connectivity index is 1.97. The quantitative estimate of drug-likeness (QED) is 0.773. The molecule has 2 aromatic rings. The molecule has 1 aliphatic rings. The molecule has 0 aliphatic carbocycles. The third kappa shape index (κ3) is 1.93. The smallest absolute Gasteiger partial charge is 0.123 e. The Labute approximate surface area is 106 Å². The normalized spacial score (nSPS) is 17.8. The highest BCUT2D eigenvalue weighted by atomic mass is 19.1. The van der Waals surface area contributed by atoms with Gasteiger partial charge in [-0.15, -0.1) is 0 Å². The highest BCUT2D eigenvalue weighted by Gasteiger charge is 2.24. The highest BCUT2D eigenvalue weighted by molar-refractivity contribution is 5.40. The maximum Gasteiger partial charge on any atom is 0.123 e. The van der Waals surface area contributed by atoms with E-state index in [0.29, 0.717) is 6.61 Å². The van der Waals surface area contributed by atoms with Crippen LogP contribution in [0.15, 0.2) is 42.5 Å². The molecule has 2 heteroatoms. The van der Waals surface area contributed by atoms with Crippen molar-refractivity contribution in [2.75, 3.05) is 0 Å². The number of benzene rings is 2. The van der Waals surface area contributed by atoms with Crippen molar-refractivity contribution in [2.24, 2.45) is 0 Å². The zero-order valence-electron chi connectivity index (χ0n) is 10.3. The highest BCUT2D eigenvalue weighted by Crippen LogP contribution is 2.36. The van der Waals surface area contributed by atoms with Crippen LogP contribution >= 0.6 is 0 Å². The van der Waals surface area contributed by atoms with Crippen LogP contribution in [0.2, 0.25) is 0 Å². The molecule has 1 nitrogen and oxygen atoms in total. The van der Waals surface area contributed by atoms with E-state index in [9.17, 15) is 4.39 Å². The molecule has 0 saturated heterocycles. The summed E-state index contributed by atoms with van der Waals surface area (Å²) >= 11 is 0. The number of ether oxygens (including phenoxy) is 1. The molecule has 1 atom stereocenters. The molecule has 3 rings (SSSR count). The lowest BCUT2D eigenvalue weighted by Crippen LogP contribution is -1.98. The molecular formula is C16H15FO. The predicted molar refractivity (Wildman–Crippen MR) is 68.9 cm³/mol. The molecule has 0 radical (unpaired) electrons. The van der Waals surface area contributed by atoms with Gasteiger partial charge in [-0.1, -0.05) is 37.3 Å². The molecular weight excluding hydrogens is 227 g/mol. The van der Waals surface area contributed by atoms with Gasteiger partial charge in [0.2, 0.25) is 0 Å². The minimum Gasteiger partial charge on any atom is -0.364 e. The molecule has 18 heavy (non-hydrogen) atoms. The standard InChI is InChI=1S/C16H15FO/c1-2-11-3-8-15-13(9-11)10-18-16(15)12-4-6-14(17)7-5-12/h3-9,16H,2,10H2,1H3. The Morgan fingerprint density at radius 3 is 2.67 bits per heavy atom. The molecule has 2 aromatic carbocycles. The fourth-order valence-corrected chi connectivity index (χ4v) is 2.44. The first-order chi connectivity index (χ1) is 8.78. The van der Waals surface area contributed by atoms with Gasteiger partial charge in [-0.25, -0.2) is 4.39 Å². The number of halogens is 1. The number of hydrogen-bond acceptors (Lipinski definition) is 1. The molecule has 0 saturated carbocycles. The minimum absolute atomic E-state index is 0.0495. The van der Waals surface area contributed by atoms with Gasteiger partial charge in [0.05, 0.1) is 6.61 Å². The first kappa shape index (κ1) is 11.4. The fraction of sp³-hybridized carbons (Fsp3) is 0.250. The molecule has 1 unspecified atom stereocenters. The molecule has 0 N–H and O–H groups in total. The number of rotatable bonds is 2. The van der Waals surface area contributed by atoms with E-state index in [1.807, 2.05) is 0 Å². The molecule has 92 valence electrons. The second kappa shape index (κ2) is 4.54. The average molecular weight is 242 g/mol. The Bertz CT molecular complexity index is 560. The van der Waals surface area contributed by atoms with Crippen LogP contribution in [0.3, 0.4) is 0 Å². The Kier molecular flexibility index (Phi) is 2.88. The van der Waals surface area contributed by atoms with Crippen LogP contribution < -0.4 is 0 Å². The lowest BCUT2D eigenvalue weighted by Gasteiger charge is -2.11. The topological polar surface area (TPSA) is 9.23 Å². The van der Waals surface area contributed by atoms with Crippen LogP contribution in [0, 0.1) is 5.82 Å². The van der Waals surface area contributed by atoms with Crippen LogP contribution in [-0.4, -0.2) is 0 Å². The van der Waals surface area contributed by atoms with E-state index in [2.05, 4.69) is 25.1 Å². The van der Waals surface area contributed by atoms with Gasteiger partial charge < -0.3 is 4.74 Å². The first-order valence-corrected chi connectivity index (χ1v) is 6.26. The third-order valence-corrected chi connectivity index (χ3v) is 3.48. The lowest BCUT2D eigenvalue weighted by atomic mass is 9.97. The fourth-order valence-electron chi connectivity index (χ4n) is 2.44. The molecule has 0 aromatic heterocycles. The van der Waals surface area contributed by atoms with Crippen molar-refractivity contribution in [3.8, 4) is 0 Å². The summed E-state index contributed by atoms with van der Waals surface area (Å²) in [4.78, 5) is 0. The van der Waals surface area contributed by atoms with Crippen molar-refractivity contribution in [3.63, 3.8) is 0 Å². The predicted octanol–water partition coefficient (Wildman–Crippen LogP) is 4.01. The maximum atomic E-state index is 12.9. The summed E-state index contributed by atoms with van der Waals surface area (Å²) in [6.07, 6.45) is 0.987. The molecule has 0 fully saturated rings. The van der Waals surface area contributed by atoms with E-state index in [0.717, 1.165) is 12.0 Å². The van der Waals surface area contributed by atoms with Crippen molar-refractivity contribution in [1.82, 2.24) is 0 Å². The van der Waals surface area contributed by atoms with Gasteiger partial charge in [0, 0.05) is 0 Å². The lowest BCUT2D eigenvalue weighted by molar-refractivity contribution is 0.0939. The average Bonchev–Trinajstić information content (AvgIpc) is 2.82. The zero-order chi connectivity index (χ0) is 12.5. The largest absolute Gasteiger partial charge is 0.364 e. The summed E-state index contributed by atoms with van der Waals surface area (Å²) in [5.74, 6) is -0.210. The summed E-state index contributed by atoms with van der Waals surface area (Å²) in [5.41, 5.74) is 4.80. The van der Waals surface area contributed by atoms with Crippen LogP contribution in [0.5, 0.6) is 0 Å². The summed E-state index contributed by atoms with van der Waals surface area (Å²) in [6.45, 7) is 2.79. The Morgan fingerprint density at radius 2 is 1.94 bits per heavy atom. The van der Waals surface area contributed by atoms with Gasteiger partial charge in [-0.05, 0) is 40.8 Å². The van der Waals surface area contributed by atoms with Crippen molar-refractivity contribution in [3.05, 3.63) is 70.5 Å². The van der Waals surface area contributed by atoms with E-state index < -0.39 is 0 Å². The molecule has 0 amide bonds. The van der Waals surface area contributed by atoms with E-state index in [1.165, 1.54) is 28.8 Å². The molecule has 1 aliphatic heterocycles. The van der Waals surface area contributed by atoms with E-state index >= 15 is 0 Å². The van der Waals surface area contributed by atoms with Crippen molar-refractivity contribution in [2.45, 2.75) is 26.1 Å². The van der Waals surface area contributed by atoms with Crippen LogP contribution in [0.25, 0.3) is 0 Å². The van der Waals surface area contributed by atoms with E-state index in [-0.39, 0.29) is 11.9 Å². The minimum atomic E-state index is -0.210. The molecule has 0 spiro atoms. The zero-order valence-corrected chi connectivity index (χ0v) is 10.3. The SMILES string of the molecule is CCc1ccc2c(c1)COC2c1ccc(F)cc1. The van der Waals surface area contributed by atoms with Crippen molar-refractivity contribution < 1.29 is 9.13 Å². The van der Waals surface area contributed by atoms with Crippen molar-refractivity contribution >= 4 is 0 Å². The first-order valence-electron chi connectivity index (χ1n) is 6.26. The Hall–Kier alpha value is -1.67. The second-order valence-corrected chi connectivity index (χ2v) is 4.63. The van der Waals surface area contributed by atoms with Gasteiger partial charge in [-0.2, -0.15) is 0 Å². The number of aryl methyl sites for hydroxylation is 1. The van der Waals surface area contributed by atoms with Gasteiger partial charge in [-0.3, -0.25) is 0 Å². The number of hydrogen-bond donors (Lipinski definition) is 0. The second-order valence-electron chi connectivity index (χ2n) is 4.63. The maximum absolute atomic E-state index is 12.9. The molecule has 1 heterocycles. The van der Waals surface area contributed by atoms with E-state index in [4.69, 9.17) is 4.74 Å². The summed E-state index contributed by atoms with van der Waals surface area (Å²) in [7, 11) is 0. The van der Waals surface area contributed by atoms with Gasteiger partial charge >= 0.3 is 0 Å². The third-order valence-electron chi connectivity index (χ3n) is 3.48. The van der Waals surface area contributed by atoms with Crippen LogP contribution in [0.1, 0.15) is 35.3 Å². The van der Waals surface area contributed by atoms with Crippen LogP contribution in [-0.2, 0) is 17.8 Å². The summed E-state index contributed by atoms with van der Waals surface area (Å²) < 4.78 is 18.8. The summed E-state index contributed by atoms with van der Waals surface area (Å²) in [5, 5.41) is 0. The van der Waals surface area contributed by atoms with E-state index in [1.54, 1.807) is 12.1 Å². The number of fused-ring (bicyclic) bond motifs is 1. The van der Waals surface area contributed by atoms with Crippen LogP contribution in [0.4, 0.5) is 4.39 Å². The molecule has 0 bridgehead atoms. The Morgan fingerprint density at radius 1 is 1.17 bits per heavy atom.